The molecule has 2 aromatic heterocycles. The van der Waals surface area contributed by atoms with Gasteiger partial charge in [-0.3, -0.25) is 0 Å². The Kier molecular flexibility index (Phi) is 14.5. The number of rotatable bonds is 9. The van der Waals surface area contributed by atoms with Crippen molar-refractivity contribution in [3.05, 3.63) is 185 Å². The van der Waals surface area contributed by atoms with E-state index in [0.29, 0.717) is 23.5 Å². The minimum atomic E-state index is -0.205. The van der Waals surface area contributed by atoms with Crippen molar-refractivity contribution in [2.45, 2.75) is 151 Å². The lowest BCUT2D eigenvalue weighted by Crippen LogP contribution is -2.23. The summed E-state index contributed by atoms with van der Waals surface area (Å²) in [5.74, 6) is 1.82. The summed E-state index contributed by atoms with van der Waals surface area (Å²) in [6.07, 6.45) is 0.225. The molecule has 10 rings (SSSR count). The average Bonchev–Trinajstić information content (AvgIpc) is 3.98. The third-order valence-corrected chi connectivity index (χ3v) is 15.1. The molecule has 8 aromatic carbocycles. The summed E-state index contributed by atoms with van der Waals surface area (Å²) in [7, 11) is 0. The van der Waals surface area contributed by atoms with Gasteiger partial charge in [0.05, 0.1) is 28.9 Å². The maximum atomic E-state index is 12.3. The van der Waals surface area contributed by atoms with Crippen LogP contribution in [-0.4, -0.2) is 32.0 Å². The van der Waals surface area contributed by atoms with Gasteiger partial charge >= 0.3 is 0 Å². The van der Waals surface area contributed by atoms with Gasteiger partial charge in [0, 0.05) is 61.3 Å². The Bertz CT molecular complexity index is 3660. The Morgan fingerprint density at radius 2 is 0.831 bits per heavy atom. The number of aromatic amines is 1. The summed E-state index contributed by atoms with van der Waals surface area (Å²) < 4.78 is 15.4. The molecule has 1 unspecified atom stereocenters. The molecule has 6 heteroatoms. The molecule has 398 valence electrons. The van der Waals surface area contributed by atoms with E-state index in [2.05, 4.69) is 178 Å². The van der Waals surface area contributed by atoms with E-state index in [1.807, 2.05) is 87.5 Å². The SMILES string of the molecule is CC(C)(C)c1ccc2[nH]c3ccc(C(C)(C)C)cc3c2c1.Cc1ccc(O)c(-c2ccccc2OC(C)C[C@@H](C)Oc2ccccc2-c2cc(C)cc(-n3c4ccc(C(C)(C)C)cc4c4cc(C(C)(C)C)ccc43)c2O)c1. The zero-order valence-corrected chi connectivity index (χ0v) is 48.5. The normalized spacial score (nSPS) is 13.2. The molecule has 0 radical (unpaired) electrons. The Morgan fingerprint density at radius 1 is 0.429 bits per heavy atom. The van der Waals surface area contributed by atoms with E-state index in [4.69, 9.17) is 9.47 Å². The molecule has 0 aliphatic rings. The number of phenols is 2. The average molecular weight is 1030 g/mol. The smallest absolute Gasteiger partial charge is 0.147 e. The maximum Gasteiger partial charge on any atom is 0.147 e. The number of aromatic nitrogens is 2. The highest BCUT2D eigenvalue weighted by Gasteiger charge is 2.25. The number of H-pyrrole nitrogens is 1. The highest BCUT2D eigenvalue weighted by atomic mass is 16.5. The largest absolute Gasteiger partial charge is 0.507 e. The number of phenolic OH excluding ortho intramolecular Hbond substituents is 2. The molecule has 0 saturated carbocycles. The first-order valence-corrected chi connectivity index (χ1v) is 27.5. The summed E-state index contributed by atoms with van der Waals surface area (Å²) in [5, 5.41) is 28.0. The van der Waals surface area contributed by atoms with Crippen molar-refractivity contribution >= 4 is 43.6 Å². The van der Waals surface area contributed by atoms with E-state index in [9.17, 15) is 10.2 Å². The van der Waals surface area contributed by atoms with Gasteiger partial charge in [0.15, 0.2) is 0 Å². The molecule has 2 heterocycles. The molecule has 6 nitrogen and oxygen atoms in total. The van der Waals surface area contributed by atoms with Crippen molar-refractivity contribution in [1.29, 1.82) is 0 Å². The molecule has 77 heavy (non-hydrogen) atoms. The van der Waals surface area contributed by atoms with Crippen LogP contribution in [0.1, 0.15) is 137 Å². The lowest BCUT2D eigenvalue weighted by molar-refractivity contribution is 0.131. The van der Waals surface area contributed by atoms with E-state index < -0.39 is 0 Å². The van der Waals surface area contributed by atoms with E-state index in [1.54, 1.807) is 6.07 Å². The fraction of sp³-hybridized carbons (Fsp3) is 0.324. The van der Waals surface area contributed by atoms with Crippen LogP contribution in [-0.2, 0) is 21.7 Å². The zero-order chi connectivity index (χ0) is 55.5. The van der Waals surface area contributed by atoms with E-state index in [1.165, 1.54) is 54.8 Å². The first kappa shape index (κ1) is 54.4. The molecule has 0 aliphatic heterocycles. The highest BCUT2D eigenvalue weighted by molar-refractivity contribution is 6.10. The van der Waals surface area contributed by atoms with Crippen molar-refractivity contribution in [1.82, 2.24) is 9.55 Å². The van der Waals surface area contributed by atoms with Crippen LogP contribution in [0.2, 0.25) is 0 Å². The minimum absolute atomic E-state index is 0.0104. The summed E-state index contributed by atoms with van der Waals surface area (Å²) in [6, 6.07) is 52.6. The molecule has 0 bridgehead atoms. The van der Waals surface area contributed by atoms with Crippen molar-refractivity contribution in [2.24, 2.45) is 0 Å². The summed E-state index contributed by atoms with van der Waals surface area (Å²) in [6.45, 7) is 35.3. The molecule has 0 aliphatic carbocycles. The van der Waals surface area contributed by atoms with Gasteiger partial charge in [0.25, 0.3) is 0 Å². The Hall–Kier alpha value is -7.44. The van der Waals surface area contributed by atoms with Crippen molar-refractivity contribution in [3.8, 4) is 50.9 Å². The van der Waals surface area contributed by atoms with Gasteiger partial charge in [-0.15, -0.1) is 0 Å². The van der Waals surface area contributed by atoms with Crippen LogP contribution in [0, 0.1) is 13.8 Å². The van der Waals surface area contributed by atoms with Crippen LogP contribution in [0.3, 0.4) is 0 Å². The summed E-state index contributed by atoms with van der Waals surface area (Å²) in [4.78, 5) is 3.54. The Morgan fingerprint density at radius 3 is 1.29 bits per heavy atom. The van der Waals surface area contributed by atoms with Crippen LogP contribution >= 0.6 is 0 Å². The second-order valence-electron chi connectivity index (χ2n) is 25.7. The van der Waals surface area contributed by atoms with Gasteiger partial charge < -0.3 is 29.2 Å². The lowest BCUT2D eigenvalue weighted by Gasteiger charge is -2.23. The van der Waals surface area contributed by atoms with Gasteiger partial charge in [0.1, 0.15) is 23.0 Å². The van der Waals surface area contributed by atoms with Gasteiger partial charge in [-0.1, -0.05) is 155 Å². The standard InChI is InChI=1S/C51H55NO4.C20H25N/c1-31-19-24-46(53)41(25-31)37-15-11-13-17-47(37)55-33(3)28-34(4)56-48-18-14-12-16-38(48)42-26-32(2)27-45(49(42)54)52-43-22-20-35(50(5,6)7)29-39(43)40-30-36(51(8,9)10)21-23-44(40)52;1-19(2,3)13-7-9-17-15(11-13)16-12-14(20(4,5)6)8-10-18(16)21-17/h11-27,29-30,33-34,53-54H,28H2,1-10H3;7-12,21H,1-6H3/t33?,34-;/m1./s1. The number of nitrogens with one attached hydrogen (secondary N) is 1. The second kappa shape index (κ2) is 20.5. The molecule has 10 aromatic rings. The molecule has 3 N–H and O–H groups in total. The Labute approximate surface area is 457 Å². The predicted molar refractivity (Wildman–Crippen MR) is 326 cm³/mol. The van der Waals surface area contributed by atoms with Gasteiger partial charge in [0.2, 0.25) is 0 Å². The Balaban J connectivity index is 0.000000286. The second-order valence-corrected chi connectivity index (χ2v) is 25.7. The van der Waals surface area contributed by atoms with Crippen molar-refractivity contribution in [2.75, 3.05) is 0 Å². The third-order valence-electron chi connectivity index (χ3n) is 15.1. The number of ether oxygens (including phenoxy) is 2. The van der Waals surface area contributed by atoms with Crippen LogP contribution in [0.5, 0.6) is 23.0 Å². The topological polar surface area (TPSA) is 79.6 Å². The number of aryl methyl sites for hydroxylation is 2. The first-order chi connectivity index (χ1) is 36.1. The van der Waals surface area contributed by atoms with Gasteiger partial charge in [-0.25, -0.2) is 0 Å². The molecule has 0 fully saturated rings. The minimum Gasteiger partial charge on any atom is -0.507 e. The number of para-hydroxylation sites is 2. The quantitative estimate of drug-likeness (QED) is 0.135. The third kappa shape index (κ3) is 11.4. The maximum absolute atomic E-state index is 12.3. The number of nitrogens with zero attached hydrogens (tertiary/aromatic N) is 1. The number of hydrogen-bond donors (Lipinski definition) is 3. The number of fused-ring (bicyclic) bond motifs is 6. The van der Waals surface area contributed by atoms with Crippen LogP contribution < -0.4 is 9.47 Å². The molecule has 0 saturated heterocycles. The summed E-state index contributed by atoms with van der Waals surface area (Å²) >= 11 is 0. The van der Waals surface area contributed by atoms with Crippen LogP contribution in [0.4, 0.5) is 0 Å². The monoisotopic (exact) mass is 1020 g/mol. The number of benzene rings is 8. The van der Waals surface area contributed by atoms with E-state index >= 15 is 0 Å². The van der Waals surface area contributed by atoms with E-state index in [0.717, 1.165) is 44.5 Å². The number of aromatic hydroxyl groups is 2. The molecular weight excluding hydrogens is 945 g/mol. The van der Waals surface area contributed by atoms with Crippen molar-refractivity contribution in [3.63, 3.8) is 0 Å². The van der Waals surface area contributed by atoms with E-state index in [-0.39, 0.29) is 45.4 Å². The van der Waals surface area contributed by atoms with Crippen LogP contribution in [0.15, 0.2) is 152 Å². The zero-order valence-electron chi connectivity index (χ0n) is 48.5. The van der Waals surface area contributed by atoms with Gasteiger partial charge in [-0.05, 0) is 162 Å². The molecule has 2 atom stereocenters. The van der Waals surface area contributed by atoms with Crippen molar-refractivity contribution < 1.29 is 19.7 Å². The number of hydrogen-bond acceptors (Lipinski definition) is 4. The summed E-state index contributed by atoms with van der Waals surface area (Å²) in [5.41, 5.74) is 16.2. The fourth-order valence-corrected chi connectivity index (χ4v) is 10.6. The molecule has 0 amide bonds. The fourth-order valence-electron chi connectivity index (χ4n) is 10.6. The predicted octanol–water partition coefficient (Wildman–Crippen LogP) is 19.3. The highest BCUT2D eigenvalue weighted by Crippen LogP contribution is 2.45. The van der Waals surface area contributed by atoms with Gasteiger partial charge in [-0.2, -0.15) is 0 Å². The molecule has 0 spiro atoms. The lowest BCUT2D eigenvalue weighted by atomic mass is 9.85. The first-order valence-electron chi connectivity index (χ1n) is 27.5. The molecular formula is C71H80N2O4. The van der Waals surface area contributed by atoms with Crippen LogP contribution in [0.25, 0.3) is 71.6 Å².